The van der Waals surface area contributed by atoms with Gasteiger partial charge in [-0.1, -0.05) is 5.16 Å². The standard InChI is InChI=1S/C10H14N6O/c1-6-9(12-5-8-3-4-17-16-8)13-7(2)14-10(6)15-11/h3-4H,5,11H2,1-2H3,(H2,12,13,14,15). The highest BCUT2D eigenvalue weighted by Gasteiger charge is 2.08. The summed E-state index contributed by atoms with van der Waals surface area (Å²) in [5, 5.41) is 6.97. The van der Waals surface area contributed by atoms with Gasteiger partial charge >= 0.3 is 0 Å². The predicted molar refractivity (Wildman–Crippen MR) is 63.1 cm³/mol. The number of nitrogens with one attached hydrogen (secondary N) is 2. The Bertz CT molecular complexity index is 496. The Balaban J connectivity index is 2.17. The Kier molecular flexibility index (Phi) is 3.20. The van der Waals surface area contributed by atoms with Crippen LogP contribution < -0.4 is 16.6 Å². The molecule has 0 unspecified atom stereocenters. The zero-order chi connectivity index (χ0) is 12.3. The topological polar surface area (TPSA) is 102 Å². The van der Waals surface area contributed by atoms with E-state index < -0.39 is 0 Å². The van der Waals surface area contributed by atoms with E-state index in [-0.39, 0.29) is 0 Å². The molecule has 0 saturated carbocycles. The van der Waals surface area contributed by atoms with E-state index >= 15 is 0 Å². The molecule has 0 radical (unpaired) electrons. The van der Waals surface area contributed by atoms with E-state index in [1.165, 1.54) is 6.26 Å². The first-order chi connectivity index (χ1) is 8.20. The molecule has 0 bridgehead atoms. The Labute approximate surface area is 98.4 Å². The van der Waals surface area contributed by atoms with E-state index in [2.05, 4.69) is 25.9 Å². The first-order valence-corrected chi connectivity index (χ1v) is 5.15. The van der Waals surface area contributed by atoms with Crippen molar-refractivity contribution in [1.82, 2.24) is 15.1 Å². The van der Waals surface area contributed by atoms with Crippen molar-refractivity contribution < 1.29 is 4.52 Å². The van der Waals surface area contributed by atoms with Crippen LogP contribution in [-0.4, -0.2) is 15.1 Å². The van der Waals surface area contributed by atoms with Gasteiger partial charge in [-0.25, -0.2) is 15.8 Å². The van der Waals surface area contributed by atoms with Crippen molar-refractivity contribution >= 4 is 11.6 Å². The van der Waals surface area contributed by atoms with E-state index in [1.54, 1.807) is 6.07 Å². The van der Waals surface area contributed by atoms with E-state index in [4.69, 9.17) is 10.4 Å². The number of anilines is 2. The van der Waals surface area contributed by atoms with Crippen molar-refractivity contribution in [3.8, 4) is 0 Å². The van der Waals surface area contributed by atoms with Gasteiger partial charge in [0.2, 0.25) is 0 Å². The molecule has 0 amide bonds. The minimum absolute atomic E-state index is 0.539. The van der Waals surface area contributed by atoms with Crippen LogP contribution in [0.4, 0.5) is 11.6 Å². The van der Waals surface area contributed by atoms with Crippen LogP contribution in [0.3, 0.4) is 0 Å². The number of aryl methyl sites for hydroxylation is 1. The number of nitrogens with two attached hydrogens (primary N) is 1. The Morgan fingerprint density at radius 1 is 1.29 bits per heavy atom. The van der Waals surface area contributed by atoms with Gasteiger partial charge in [0, 0.05) is 11.6 Å². The molecule has 2 aromatic heterocycles. The number of rotatable bonds is 4. The van der Waals surface area contributed by atoms with Crippen molar-refractivity contribution in [2.75, 3.05) is 10.7 Å². The summed E-state index contributed by atoms with van der Waals surface area (Å²) in [4.78, 5) is 8.48. The maximum absolute atomic E-state index is 5.38. The van der Waals surface area contributed by atoms with Gasteiger partial charge < -0.3 is 15.3 Å². The van der Waals surface area contributed by atoms with Gasteiger partial charge in [0.1, 0.15) is 29.4 Å². The van der Waals surface area contributed by atoms with Crippen LogP contribution in [0, 0.1) is 13.8 Å². The van der Waals surface area contributed by atoms with E-state index in [1.807, 2.05) is 13.8 Å². The van der Waals surface area contributed by atoms with Crippen LogP contribution in [0.2, 0.25) is 0 Å². The largest absolute Gasteiger partial charge is 0.364 e. The zero-order valence-corrected chi connectivity index (χ0v) is 9.69. The van der Waals surface area contributed by atoms with E-state index in [9.17, 15) is 0 Å². The molecular formula is C10H14N6O. The zero-order valence-electron chi connectivity index (χ0n) is 9.69. The Morgan fingerprint density at radius 3 is 2.71 bits per heavy atom. The van der Waals surface area contributed by atoms with Crippen LogP contribution >= 0.6 is 0 Å². The second-order valence-electron chi connectivity index (χ2n) is 3.58. The van der Waals surface area contributed by atoms with Crippen LogP contribution in [0.1, 0.15) is 17.1 Å². The average Bonchev–Trinajstić information content (AvgIpc) is 2.82. The summed E-state index contributed by atoms with van der Waals surface area (Å²) in [5.41, 5.74) is 4.22. The van der Waals surface area contributed by atoms with Crippen molar-refractivity contribution in [3.05, 3.63) is 29.4 Å². The van der Waals surface area contributed by atoms with Crippen LogP contribution in [-0.2, 0) is 6.54 Å². The highest BCUT2D eigenvalue weighted by Crippen LogP contribution is 2.19. The molecule has 7 heteroatoms. The monoisotopic (exact) mass is 234 g/mol. The second kappa shape index (κ2) is 4.79. The number of nitrogen functional groups attached to an aromatic ring is 1. The third kappa shape index (κ3) is 2.51. The summed E-state index contributed by atoms with van der Waals surface area (Å²) in [5.74, 6) is 7.37. The lowest BCUT2D eigenvalue weighted by atomic mass is 10.3. The molecule has 0 spiro atoms. The van der Waals surface area contributed by atoms with E-state index in [0.29, 0.717) is 18.2 Å². The molecule has 7 nitrogen and oxygen atoms in total. The van der Waals surface area contributed by atoms with Gasteiger partial charge in [0.25, 0.3) is 0 Å². The quantitative estimate of drug-likeness (QED) is 0.535. The number of nitrogens with zero attached hydrogens (tertiary/aromatic N) is 3. The van der Waals surface area contributed by atoms with Crippen molar-refractivity contribution in [3.63, 3.8) is 0 Å². The first kappa shape index (κ1) is 11.3. The molecule has 0 aliphatic heterocycles. The summed E-state index contributed by atoms with van der Waals surface area (Å²) in [6.45, 7) is 4.24. The molecule has 17 heavy (non-hydrogen) atoms. The lowest BCUT2D eigenvalue weighted by molar-refractivity contribution is 0.412. The van der Waals surface area contributed by atoms with Crippen LogP contribution in [0.25, 0.3) is 0 Å². The Hall–Kier alpha value is -2.15. The van der Waals surface area contributed by atoms with Crippen molar-refractivity contribution in [1.29, 1.82) is 0 Å². The smallest absolute Gasteiger partial charge is 0.148 e. The predicted octanol–water partition coefficient (Wildman–Crippen LogP) is 0.979. The molecule has 0 saturated heterocycles. The van der Waals surface area contributed by atoms with Gasteiger partial charge in [-0.15, -0.1) is 0 Å². The fraction of sp³-hybridized carbons (Fsp3) is 0.300. The fourth-order valence-electron chi connectivity index (χ4n) is 1.44. The molecule has 2 aromatic rings. The lowest BCUT2D eigenvalue weighted by Gasteiger charge is -2.11. The van der Waals surface area contributed by atoms with Gasteiger partial charge in [0.05, 0.1) is 6.54 Å². The molecule has 0 aromatic carbocycles. The lowest BCUT2D eigenvalue weighted by Crippen LogP contribution is -2.14. The summed E-state index contributed by atoms with van der Waals surface area (Å²) < 4.78 is 4.75. The average molecular weight is 234 g/mol. The normalized spacial score (nSPS) is 10.3. The maximum Gasteiger partial charge on any atom is 0.148 e. The minimum Gasteiger partial charge on any atom is -0.364 e. The second-order valence-corrected chi connectivity index (χ2v) is 3.58. The molecule has 0 aliphatic rings. The maximum atomic E-state index is 5.38. The molecule has 4 N–H and O–H groups in total. The van der Waals surface area contributed by atoms with Gasteiger partial charge in [-0.05, 0) is 13.8 Å². The highest BCUT2D eigenvalue weighted by molar-refractivity contribution is 5.56. The fourth-order valence-corrected chi connectivity index (χ4v) is 1.44. The molecule has 0 aliphatic carbocycles. The summed E-state index contributed by atoms with van der Waals surface area (Å²) in [6.07, 6.45) is 1.53. The van der Waals surface area contributed by atoms with Crippen molar-refractivity contribution in [2.24, 2.45) is 5.84 Å². The summed E-state index contributed by atoms with van der Waals surface area (Å²) in [6, 6.07) is 1.79. The molecule has 2 heterocycles. The SMILES string of the molecule is Cc1nc(NN)c(C)c(NCc2ccon2)n1. The molecule has 2 rings (SSSR count). The van der Waals surface area contributed by atoms with Crippen molar-refractivity contribution in [2.45, 2.75) is 20.4 Å². The Morgan fingerprint density at radius 2 is 2.06 bits per heavy atom. The third-order valence-corrected chi connectivity index (χ3v) is 2.32. The van der Waals surface area contributed by atoms with Crippen LogP contribution in [0.5, 0.6) is 0 Å². The molecule has 90 valence electrons. The van der Waals surface area contributed by atoms with Gasteiger partial charge in [-0.3, -0.25) is 0 Å². The first-order valence-electron chi connectivity index (χ1n) is 5.15. The number of aromatic nitrogens is 3. The third-order valence-electron chi connectivity index (χ3n) is 2.32. The molecule has 0 fully saturated rings. The van der Waals surface area contributed by atoms with E-state index in [0.717, 1.165) is 17.1 Å². The summed E-state index contributed by atoms with van der Waals surface area (Å²) in [7, 11) is 0. The van der Waals surface area contributed by atoms with Crippen LogP contribution in [0.15, 0.2) is 16.9 Å². The van der Waals surface area contributed by atoms with Gasteiger partial charge in [0.15, 0.2) is 0 Å². The minimum atomic E-state index is 0.539. The highest BCUT2D eigenvalue weighted by atomic mass is 16.5. The van der Waals surface area contributed by atoms with Gasteiger partial charge in [-0.2, -0.15) is 0 Å². The molecule has 0 atom stereocenters. The number of hydrogen-bond donors (Lipinski definition) is 3. The summed E-state index contributed by atoms with van der Waals surface area (Å²) >= 11 is 0. The number of hydrogen-bond acceptors (Lipinski definition) is 7. The molecular weight excluding hydrogens is 220 g/mol. The number of hydrazine groups is 1.